The molecule has 1 saturated carbocycles. The first-order valence-electron chi connectivity index (χ1n) is 12.9. The lowest BCUT2D eigenvalue weighted by molar-refractivity contribution is 0.255. The smallest absolute Gasteiger partial charge is 0.227 e. The van der Waals surface area contributed by atoms with Gasteiger partial charge >= 0.3 is 0 Å². The van der Waals surface area contributed by atoms with E-state index in [9.17, 15) is 0 Å². The van der Waals surface area contributed by atoms with Crippen LogP contribution < -0.4 is 20.1 Å². The van der Waals surface area contributed by atoms with Crippen molar-refractivity contribution in [3.8, 4) is 22.8 Å². The van der Waals surface area contributed by atoms with Crippen LogP contribution >= 0.6 is 0 Å². The minimum atomic E-state index is 0.526. The molecule has 188 valence electrons. The van der Waals surface area contributed by atoms with Crippen LogP contribution in [0.5, 0.6) is 11.5 Å². The number of fused-ring (bicyclic) bond motifs is 7. The summed E-state index contributed by atoms with van der Waals surface area (Å²) in [5, 5.41) is 6.93. The summed E-state index contributed by atoms with van der Waals surface area (Å²) in [6.45, 7) is 2.77. The highest BCUT2D eigenvalue weighted by Gasteiger charge is 2.15. The van der Waals surface area contributed by atoms with Gasteiger partial charge in [-0.2, -0.15) is 0 Å². The first kappa shape index (κ1) is 24.3. The van der Waals surface area contributed by atoms with Crippen molar-refractivity contribution in [2.24, 2.45) is 0 Å². The third-order valence-electron chi connectivity index (χ3n) is 6.63. The minimum absolute atomic E-state index is 0.526. The van der Waals surface area contributed by atoms with Crippen LogP contribution in [0.15, 0.2) is 66.9 Å². The summed E-state index contributed by atoms with van der Waals surface area (Å²) in [6.07, 6.45) is 12.1. The molecule has 36 heavy (non-hydrogen) atoms. The van der Waals surface area contributed by atoms with Gasteiger partial charge in [-0.25, -0.2) is 9.97 Å². The molecule has 0 unspecified atom stereocenters. The first-order chi connectivity index (χ1) is 17.7. The van der Waals surface area contributed by atoms with E-state index >= 15 is 0 Å². The van der Waals surface area contributed by atoms with E-state index in [1.165, 1.54) is 25.7 Å². The largest absolute Gasteiger partial charge is 0.493 e. The number of hydrogen-bond donors (Lipinski definition) is 2. The Kier molecular flexibility index (Phi) is 8.10. The number of nitrogens with one attached hydrogen (secondary N) is 2. The lowest BCUT2D eigenvalue weighted by atomic mass is 10.1. The van der Waals surface area contributed by atoms with Crippen LogP contribution in [0.4, 0.5) is 11.6 Å². The van der Waals surface area contributed by atoms with Gasteiger partial charge in [0.1, 0.15) is 18.2 Å². The average molecular weight is 486 g/mol. The highest BCUT2D eigenvalue weighted by atomic mass is 16.5. The van der Waals surface area contributed by atoms with Crippen molar-refractivity contribution in [1.29, 1.82) is 0 Å². The lowest BCUT2D eigenvalue weighted by Gasteiger charge is -2.20. The summed E-state index contributed by atoms with van der Waals surface area (Å²) in [4.78, 5) is 11.5. The molecule has 2 aliphatic rings. The predicted octanol–water partition coefficient (Wildman–Crippen LogP) is 5.53. The third kappa shape index (κ3) is 6.62. The number of likely N-dealkylation sites (N-methyl/N-ethyl adjacent to an activating group) is 1. The topological polar surface area (TPSA) is 71.5 Å². The standard InChI is InChI=1S/C29H35N5O2/c1-34-16-5-2-6-17-35-26-11-7-8-22(19-26)27-14-15-30-29(33-27)32-25-12-13-28(23(18-25)20-34)36-21-31-24-9-3-4-10-24/h2,5,7-8,11-15,18-19,24,31H,3-4,6,9-10,16-17,20-21H2,1H3,(H,30,32,33). The summed E-state index contributed by atoms with van der Waals surface area (Å²) in [7, 11) is 2.12. The summed E-state index contributed by atoms with van der Waals surface area (Å²) >= 11 is 0. The van der Waals surface area contributed by atoms with Crippen molar-refractivity contribution in [2.75, 3.05) is 32.2 Å². The quantitative estimate of drug-likeness (QED) is 0.372. The van der Waals surface area contributed by atoms with Gasteiger partial charge in [0, 0.05) is 42.1 Å². The predicted molar refractivity (Wildman–Crippen MR) is 144 cm³/mol. The van der Waals surface area contributed by atoms with E-state index < -0.39 is 0 Å². The zero-order valence-corrected chi connectivity index (χ0v) is 21.0. The van der Waals surface area contributed by atoms with Gasteiger partial charge < -0.3 is 14.8 Å². The van der Waals surface area contributed by atoms with Crippen molar-refractivity contribution in [2.45, 2.75) is 44.7 Å². The highest BCUT2D eigenvalue weighted by Crippen LogP contribution is 2.28. The van der Waals surface area contributed by atoms with Crippen LogP contribution in [0.2, 0.25) is 0 Å². The zero-order valence-electron chi connectivity index (χ0n) is 21.0. The fourth-order valence-electron chi connectivity index (χ4n) is 4.72. The zero-order chi connectivity index (χ0) is 24.6. The van der Waals surface area contributed by atoms with Crippen molar-refractivity contribution >= 4 is 11.6 Å². The number of nitrogens with zero attached hydrogens (tertiary/aromatic N) is 3. The Morgan fingerprint density at radius 1 is 1.11 bits per heavy atom. The highest BCUT2D eigenvalue weighted by molar-refractivity contribution is 5.64. The molecule has 0 saturated heterocycles. The lowest BCUT2D eigenvalue weighted by Crippen LogP contribution is -2.30. The molecule has 6 bridgehead atoms. The van der Waals surface area contributed by atoms with Gasteiger partial charge in [-0.3, -0.25) is 10.2 Å². The molecule has 0 atom stereocenters. The van der Waals surface area contributed by atoms with Gasteiger partial charge in [0.05, 0.1) is 12.3 Å². The van der Waals surface area contributed by atoms with E-state index in [0.29, 0.717) is 25.3 Å². The van der Waals surface area contributed by atoms with Gasteiger partial charge in [-0.1, -0.05) is 37.1 Å². The van der Waals surface area contributed by atoms with Gasteiger partial charge in [0.25, 0.3) is 0 Å². The van der Waals surface area contributed by atoms with Crippen molar-refractivity contribution < 1.29 is 9.47 Å². The number of hydrogen-bond acceptors (Lipinski definition) is 7. The summed E-state index contributed by atoms with van der Waals surface area (Å²) in [5.41, 5.74) is 3.89. The van der Waals surface area contributed by atoms with E-state index in [2.05, 4.69) is 45.8 Å². The molecule has 2 N–H and O–H groups in total. The number of anilines is 2. The molecule has 1 aliphatic heterocycles. The van der Waals surface area contributed by atoms with E-state index in [1.54, 1.807) is 6.20 Å². The van der Waals surface area contributed by atoms with Crippen LogP contribution in [-0.4, -0.2) is 47.8 Å². The van der Waals surface area contributed by atoms with Crippen molar-refractivity contribution in [3.05, 3.63) is 72.4 Å². The molecule has 2 heterocycles. The normalized spacial score (nSPS) is 17.0. The second-order valence-corrected chi connectivity index (χ2v) is 9.52. The maximum Gasteiger partial charge on any atom is 0.227 e. The van der Waals surface area contributed by atoms with Crippen molar-refractivity contribution in [3.63, 3.8) is 0 Å². The summed E-state index contributed by atoms with van der Waals surface area (Å²) in [6, 6.07) is 16.7. The molecule has 3 aromatic rings. The second-order valence-electron chi connectivity index (χ2n) is 9.52. The molecule has 7 heteroatoms. The molecule has 0 radical (unpaired) electrons. The number of benzene rings is 2. The molecule has 0 spiro atoms. The average Bonchev–Trinajstić information content (AvgIpc) is 3.41. The molecule has 5 rings (SSSR count). The van der Waals surface area contributed by atoms with Crippen LogP contribution in [0.3, 0.4) is 0 Å². The maximum atomic E-state index is 6.20. The van der Waals surface area contributed by atoms with E-state index in [0.717, 1.165) is 53.5 Å². The Hall–Kier alpha value is -3.42. The summed E-state index contributed by atoms with van der Waals surface area (Å²) in [5.74, 6) is 2.30. The molecule has 0 amide bonds. The third-order valence-corrected chi connectivity index (χ3v) is 6.63. The minimum Gasteiger partial charge on any atom is -0.493 e. The fourth-order valence-corrected chi connectivity index (χ4v) is 4.72. The van der Waals surface area contributed by atoms with Gasteiger partial charge in [0.15, 0.2) is 0 Å². The summed E-state index contributed by atoms with van der Waals surface area (Å²) < 4.78 is 12.2. The number of aromatic nitrogens is 2. The van der Waals surface area contributed by atoms with E-state index in [1.807, 2.05) is 42.5 Å². The molecule has 2 aromatic carbocycles. The van der Waals surface area contributed by atoms with Gasteiger partial charge in [-0.05, 0) is 62.7 Å². The molecular formula is C29H35N5O2. The van der Waals surface area contributed by atoms with Crippen LogP contribution in [0.25, 0.3) is 11.3 Å². The van der Waals surface area contributed by atoms with E-state index in [-0.39, 0.29) is 0 Å². The molecule has 7 nitrogen and oxygen atoms in total. The Morgan fingerprint density at radius 3 is 2.94 bits per heavy atom. The van der Waals surface area contributed by atoms with E-state index in [4.69, 9.17) is 14.5 Å². The van der Waals surface area contributed by atoms with Crippen LogP contribution in [0.1, 0.15) is 37.7 Å². The second kappa shape index (κ2) is 12.0. The molecular weight excluding hydrogens is 450 g/mol. The number of ether oxygens (including phenoxy) is 2. The van der Waals surface area contributed by atoms with Gasteiger partial charge in [-0.15, -0.1) is 0 Å². The van der Waals surface area contributed by atoms with Crippen LogP contribution in [-0.2, 0) is 6.54 Å². The molecule has 1 aliphatic carbocycles. The van der Waals surface area contributed by atoms with Crippen molar-refractivity contribution in [1.82, 2.24) is 20.2 Å². The monoisotopic (exact) mass is 485 g/mol. The SMILES string of the molecule is CN1CC=CCCOc2cccc(c2)-c2ccnc(n2)Nc2ccc(OCNC3CCCC3)c(c2)C1. The number of rotatable bonds is 4. The first-order valence-corrected chi connectivity index (χ1v) is 12.9. The van der Waals surface area contributed by atoms with Gasteiger partial charge in [0.2, 0.25) is 5.95 Å². The van der Waals surface area contributed by atoms with Crippen LogP contribution in [0, 0.1) is 0 Å². The Bertz CT molecular complexity index is 1180. The fraction of sp³-hybridized carbons (Fsp3) is 0.379. The molecule has 1 fully saturated rings. The molecule has 1 aromatic heterocycles. The Morgan fingerprint density at radius 2 is 2.03 bits per heavy atom. The Balaban J connectivity index is 1.39. The maximum absolute atomic E-state index is 6.20. The Labute approximate surface area is 213 Å².